The Morgan fingerprint density at radius 3 is 2.58 bits per heavy atom. The molecule has 0 spiro atoms. The zero-order valence-corrected chi connectivity index (χ0v) is 10.5. The molecule has 19 heavy (non-hydrogen) atoms. The van der Waals surface area contributed by atoms with E-state index in [-0.39, 0.29) is 6.54 Å². The van der Waals surface area contributed by atoms with Crippen molar-refractivity contribution < 1.29 is 8.78 Å². The Bertz CT molecular complexity index is 650. The van der Waals surface area contributed by atoms with Crippen LogP contribution >= 0.6 is 11.6 Å². The molecule has 96 valence electrons. The molecule has 5 heteroatoms. The van der Waals surface area contributed by atoms with Crippen molar-refractivity contribution in [3.05, 3.63) is 64.2 Å². The van der Waals surface area contributed by atoms with Crippen LogP contribution in [0.4, 0.5) is 14.5 Å². The Labute approximate surface area is 114 Å². The maximum absolute atomic E-state index is 13.4. The monoisotopic (exact) mass is 278 g/mol. The third-order valence-electron chi connectivity index (χ3n) is 2.58. The first kappa shape index (κ1) is 13.3. The van der Waals surface area contributed by atoms with Gasteiger partial charge in [0.05, 0.1) is 22.3 Å². The third-order valence-corrected chi connectivity index (χ3v) is 2.90. The Kier molecular flexibility index (Phi) is 3.98. The van der Waals surface area contributed by atoms with Gasteiger partial charge in [0.1, 0.15) is 11.6 Å². The van der Waals surface area contributed by atoms with E-state index in [1.165, 1.54) is 18.2 Å². The average Bonchev–Trinajstić information content (AvgIpc) is 2.39. The van der Waals surface area contributed by atoms with Crippen molar-refractivity contribution in [3.8, 4) is 6.07 Å². The van der Waals surface area contributed by atoms with E-state index in [1.54, 1.807) is 12.1 Å². The fourth-order valence-corrected chi connectivity index (χ4v) is 1.83. The summed E-state index contributed by atoms with van der Waals surface area (Å²) in [5.74, 6) is -1.23. The Morgan fingerprint density at radius 2 is 1.95 bits per heavy atom. The highest BCUT2D eigenvalue weighted by Crippen LogP contribution is 2.23. The van der Waals surface area contributed by atoms with Gasteiger partial charge in [-0.15, -0.1) is 0 Å². The van der Waals surface area contributed by atoms with Gasteiger partial charge in [0.15, 0.2) is 0 Å². The molecule has 0 heterocycles. The van der Waals surface area contributed by atoms with E-state index in [9.17, 15) is 8.78 Å². The van der Waals surface area contributed by atoms with Crippen LogP contribution in [0.3, 0.4) is 0 Å². The highest BCUT2D eigenvalue weighted by Gasteiger charge is 2.05. The minimum atomic E-state index is -0.614. The highest BCUT2D eigenvalue weighted by molar-refractivity contribution is 6.33. The molecule has 0 aromatic heterocycles. The largest absolute Gasteiger partial charge is 0.380 e. The molecule has 2 nitrogen and oxygen atoms in total. The van der Waals surface area contributed by atoms with E-state index in [4.69, 9.17) is 16.9 Å². The van der Waals surface area contributed by atoms with Crippen LogP contribution in [0.5, 0.6) is 0 Å². The van der Waals surface area contributed by atoms with Crippen molar-refractivity contribution in [3.63, 3.8) is 0 Å². The standard InChI is InChI=1S/C14H9ClF2N2/c15-12-5-9(7-18)1-4-14(12)19-8-10-2-3-11(16)6-13(10)17/h1-6,19H,8H2. The van der Waals surface area contributed by atoms with E-state index in [0.29, 0.717) is 21.8 Å². The van der Waals surface area contributed by atoms with Gasteiger partial charge in [-0.3, -0.25) is 0 Å². The number of benzene rings is 2. The summed E-state index contributed by atoms with van der Waals surface area (Å²) in [6, 6.07) is 10.1. The van der Waals surface area contributed by atoms with Crippen molar-refractivity contribution in [2.75, 3.05) is 5.32 Å². The predicted molar refractivity (Wildman–Crippen MR) is 69.9 cm³/mol. The quantitative estimate of drug-likeness (QED) is 0.917. The lowest BCUT2D eigenvalue weighted by atomic mass is 10.2. The molecule has 2 aromatic carbocycles. The van der Waals surface area contributed by atoms with Gasteiger partial charge in [-0.2, -0.15) is 5.26 Å². The van der Waals surface area contributed by atoms with E-state index >= 15 is 0 Å². The maximum atomic E-state index is 13.4. The lowest BCUT2D eigenvalue weighted by Gasteiger charge is -2.09. The third kappa shape index (κ3) is 3.21. The van der Waals surface area contributed by atoms with E-state index in [2.05, 4.69) is 5.32 Å². The molecule has 0 aliphatic carbocycles. The Hall–Kier alpha value is -2.12. The fourth-order valence-electron chi connectivity index (χ4n) is 1.58. The fraction of sp³-hybridized carbons (Fsp3) is 0.0714. The van der Waals surface area contributed by atoms with Gasteiger partial charge in [-0.1, -0.05) is 17.7 Å². The number of nitrogens with zero attached hydrogens (tertiary/aromatic N) is 1. The number of rotatable bonds is 3. The van der Waals surface area contributed by atoms with Crippen molar-refractivity contribution in [1.82, 2.24) is 0 Å². The summed E-state index contributed by atoms with van der Waals surface area (Å²) in [4.78, 5) is 0. The number of hydrogen-bond acceptors (Lipinski definition) is 2. The first-order valence-electron chi connectivity index (χ1n) is 5.47. The second-order valence-corrected chi connectivity index (χ2v) is 4.30. The summed E-state index contributed by atoms with van der Waals surface area (Å²) in [5, 5.41) is 12.0. The van der Waals surface area contributed by atoms with E-state index in [1.807, 2.05) is 6.07 Å². The molecule has 0 fully saturated rings. The van der Waals surface area contributed by atoms with Crippen LogP contribution in [0.2, 0.25) is 5.02 Å². The van der Waals surface area contributed by atoms with Crippen LogP contribution in [0.15, 0.2) is 36.4 Å². The molecular weight excluding hydrogens is 270 g/mol. The number of nitriles is 1. The minimum Gasteiger partial charge on any atom is -0.380 e. The van der Waals surface area contributed by atoms with Crippen molar-refractivity contribution in [2.24, 2.45) is 0 Å². The first-order valence-corrected chi connectivity index (χ1v) is 5.85. The lowest BCUT2D eigenvalue weighted by Crippen LogP contribution is -2.02. The highest BCUT2D eigenvalue weighted by atomic mass is 35.5. The zero-order valence-electron chi connectivity index (χ0n) is 9.75. The van der Waals surface area contributed by atoms with Crippen molar-refractivity contribution in [2.45, 2.75) is 6.54 Å². The molecule has 0 radical (unpaired) electrons. The van der Waals surface area contributed by atoms with Gasteiger partial charge in [0, 0.05) is 18.2 Å². The van der Waals surface area contributed by atoms with Crippen LogP contribution in [0.1, 0.15) is 11.1 Å². The van der Waals surface area contributed by atoms with Crippen LogP contribution < -0.4 is 5.32 Å². The molecule has 0 atom stereocenters. The average molecular weight is 279 g/mol. The molecule has 0 bridgehead atoms. The van der Waals surface area contributed by atoms with Crippen LogP contribution in [0.25, 0.3) is 0 Å². The molecule has 0 saturated carbocycles. The van der Waals surface area contributed by atoms with Gasteiger partial charge in [0.25, 0.3) is 0 Å². The first-order chi connectivity index (χ1) is 9.10. The zero-order chi connectivity index (χ0) is 13.8. The smallest absolute Gasteiger partial charge is 0.131 e. The molecule has 2 rings (SSSR count). The maximum Gasteiger partial charge on any atom is 0.131 e. The second kappa shape index (κ2) is 5.68. The molecule has 2 aromatic rings. The van der Waals surface area contributed by atoms with E-state index in [0.717, 1.165) is 6.07 Å². The van der Waals surface area contributed by atoms with Gasteiger partial charge < -0.3 is 5.32 Å². The van der Waals surface area contributed by atoms with Crippen molar-refractivity contribution in [1.29, 1.82) is 5.26 Å². The predicted octanol–water partition coefficient (Wildman–Crippen LogP) is 4.10. The second-order valence-electron chi connectivity index (χ2n) is 3.90. The topological polar surface area (TPSA) is 35.8 Å². The summed E-state index contributed by atoms with van der Waals surface area (Å²) in [5.41, 5.74) is 1.37. The summed E-state index contributed by atoms with van der Waals surface area (Å²) in [6.45, 7) is 0.178. The summed E-state index contributed by atoms with van der Waals surface area (Å²) >= 11 is 5.97. The van der Waals surface area contributed by atoms with Gasteiger partial charge in [-0.05, 0) is 24.3 Å². The van der Waals surface area contributed by atoms with Gasteiger partial charge >= 0.3 is 0 Å². The van der Waals surface area contributed by atoms with Gasteiger partial charge in [-0.25, -0.2) is 8.78 Å². The minimum absolute atomic E-state index is 0.178. The van der Waals surface area contributed by atoms with E-state index < -0.39 is 11.6 Å². The molecule has 0 aliphatic rings. The number of halogens is 3. The summed E-state index contributed by atoms with van der Waals surface area (Å²) < 4.78 is 26.2. The lowest BCUT2D eigenvalue weighted by molar-refractivity contribution is 0.574. The molecule has 0 amide bonds. The Balaban J connectivity index is 2.13. The molecule has 0 aliphatic heterocycles. The molecule has 0 unspecified atom stereocenters. The summed E-state index contributed by atoms with van der Waals surface area (Å²) in [7, 11) is 0. The SMILES string of the molecule is N#Cc1ccc(NCc2ccc(F)cc2F)c(Cl)c1. The molecular formula is C14H9ClF2N2. The number of hydrogen-bond donors (Lipinski definition) is 1. The van der Waals surface area contributed by atoms with Crippen LogP contribution in [-0.2, 0) is 6.54 Å². The number of nitrogens with one attached hydrogen (secondary N) is 1. The number of anilines is 1. The molecule has 0 saturated heterocycles. The van der Waals surface area contributed by atoms with Crippen LogP contribution in [-0.4, -0.2) is 0 Å². The Morgan fingerprint density at radius 1 is 1.16 bits per heavy atom. The summed E-state index contributed by atoms with van der Waals surface area (Å²) in [6.07, 6.45) is 0. The van der Waals surface area contributed by atoms with Crippen molar-refractivity contribution >= 4 is 17.3 Å². The van der Waals surface area contributed by atoms with Crippen LogP contribution in [0, 0.1) is 23.0 Å². The molecule has 1 N–H and O–H groups in total. The van der Waals surface area contributed by atoms with Gasteiger partial charge in [0.2, 0.25) is 0 Å². The normalized spacial score (nSPS) is 10.0.